The SMILES string of the molecule is COCCCn1ccc2ccc(CC(CC(N)C3CC(C(C)C)C(=O)O3)C(C)C)cc21. The molecule has 5 heteroatoms. The van der Waals surface area contributed by atoms with E-state index in [1.165, 1.54) is 16.5 Å². The lowest BCUT2D eigenvalue weighted by molar-refractivity contribution is -0.146. The number of rotatable bonds is 11. The molecule has 1 aliphatic heterocycles. The van der Waals surface area contributed by atoms with Crippen LogP contribution in [0.25, 0.3) is 10.9 Å². The number of methoxy groups -OCH3 is 1. The molecule has 0 aliphatic carbocycles. The third kappa shape index (κ3) is 5.89. The largest absolute Gasteiger partial charge is 0.460 e. The molecule has 3 rings (SSSR count). The highest BCUT2D eigenvalue weighted by atomic mass is 16.6. The van der Waals surface area contributed by atoms with Gasteiger partial charge in [-0.2, -0.15) is 0 Å². The Morgan fingerprint density at radius 1 is 1.23 bits per heavy atom. The van der Waals surface area contributed by atoms with Crippen LogP contribution in [0.4, 0.5) is 0 Å². The fraction of sp³-hybridized carbons (Fsp3) is 0.654. The summed E-state index contributed by atoms with van der Waals surface area (Å²) in [5, 5.41) is 1.27. The zero-order chi connectivity index (χ0) is 22.5. The van der Waals surface area contributed by atoms with E-state index in [0.717, 1.165) is 38.8 Å². The van der Waals surface area contributed by atoms with Crippen molar-refractivity contribution in [2.45, 2.75) is 72.1 Å². The number of carbonyl (C=O) groups excluding carboxylic acids is 1. The van der Waals surface area contributed by atoms with Crippen LogP contribution in [0.1, 0.15) is 52.5 Å². The van der Waals surface area contributed by atoms with Gasteiger partial charge in [0, 0.05) is 38.0 Å². The number of cyclic esters (lactones) is 1. The Kier molecular flexibility index (Phi) is 8.17. The van der Waals surface area contributed by atoms with E-state index in [9.17, 15) is 4.79 Å². The van der Waals surface area contributed by atoms with Crippen molar-refractivity contribution in [1.82, 2.24) is 4.57 Å². The summed E-state index contributed by atoms with van der Waals surface area (Å²) >= 11 is 0. The minimum atomic E-state index is -0.151. The molecule has 0 radical (unpaired) electrons. The van der Waals surface area contributed by atoms with Gasteiger partial charge in [0.15, 0.2) is 0 Å². The van der Waals surface area contributed by atoms with Crippen LogP contribution in [0, 0.1) is 23.7 Å². The highest BCUT2D eigenvalue weighted by Crippen LogP contribution is 2.32. The summed E-state index contributed by atoms with van der Waals surface area (Å²) in [6.07, 6.45) is 5.63. The first-order valence-corrected chi connectivity index (χ1v) is 11.8. The number of aromatic nitrogens is 1. The van der Waals surface area contributed by atoms with Gasteiger partial charge in [-0.1, -0.05) is 39.8 Å². The molecular weight excluding hydrogens is 388 g/mol. The fourth-order valence-corrected chi connectivity index (χ4v) is 4.76. The number of nitrogens with two attached hydrogens (primary N) is 1. The number of carbonyl (C=O) groups is 1. The molecular formula is C26H40N2O3. The summed E-state index contributed by atoms with van der Waals surface area (Å²) in [5.74, 6) is 1.17. The number of aryl methyl sites for hydroxylation is 1. The maximum absolute atomic E-state index is 12.2. The van der Waals surface area contributed by atoms with E-state index in [1.54, 1.807) is 7.11 Å². The van der Waals surface area contributed by atoms with Crippen LogP contribution in [-0.4, -0.2) is 36.4 Å². The summed E-state index contributed by atoms with van der Waals surface area (Å²) in [5.41, 5.74) is 9.19. The molecule has 0 amide bonds. The van der Waals surface area contributed by atoms with Gasteiger partial charge in [0.05, 0.1) is 5.92 Å². The van der Waals surface area contributed by atoms with Gasteiger partial charge in [0.25, 0.3) is 0 Å². The Bertz CT molecular complexity index is 857. The van der Waals surface area contributed by atoms with Crippen molar-refractivity contribution in [3.8, 4) is 0 Å². The van der Waals surface area contributed by atoms with E-state index in [0.29, 0.717) is 17.8 Å². The van der Waals surface area contributed by atoms with Crippen LogP contribution >= 0.6 is 0 Å². The highest BCUT2D eigenvalue weighted by Gasteiger charge is 2.39. The van der Waals surface area contributed by atoms with Crippen LogP contribution < -0.4 is 5.73 Å². The molecule has 1 aromatic heterocycles. The van der Waals surface area contributed by atoms with Crippen molar-refractivity contribution in [1.29, 1.82) is 0 Å². The number of hydrogen-bond acceptors (Lipinski definition) is 4. The molecule has 4 unspecified atom stereocenters. The Labute approximate surface area is 187 Å². The summed E-state index contributed by atoms with van der Waals surface area (Å²) in [6.45, 7) is 10.4. The Hall–Kier alpha value is -1.85. The zero-order valence-corrected chi connectivity index (χ0v) is 19.8. The summed E-state index contributed by atoms with van der Waals surface area (Å²) in [6, 6.07) is 8.87. The minimum Gasteiger partial charge on any atom is -0.460 e. The summed E-state index contributed by atoms with van der Waals surface area (Å²) in [7, 11) is 1.75. The van der Waals surface area contributed by atoms with Crippen molar-refractivity contribution in [3.05, 3.63) is 36.0 Å². The standard InChI is InChI=1S/C26H40N2O3/c1-17(2)21(15-23(27)25-16-22(18(3)4)26(29)31-25)13-19-7-8-20-9-11-28(24(20)14-19)10-6-12-30-5/h7-9,11,14,17-18,21-23,25H,6,10,12-13,15-16,27H2,1-5H3. The third-order valence-electron chi connectivity index (χ3n) is 6.94. The third-order valence-corrected chi connectivity index (χ3v) is 6.94. The van der Waals surface area contributed by atoms with Crippen molar-refractivity contribution >= 4 is 16.9 Å². The van der Waals surface area contributed by atoms with E-state index in [4.69, 9.17) is 15.2 Å². The molecule has 1 fully saturated rings. The molecule has 5 nitrogen and oxygen atoms in total. The molecule has 31 heavy (non-hydrogen) atoms. The van der Waals surface area contributed by atoms with Crippen molar-refractivity contribution in [2.75, 3.05) is 13.7 Å². The van der Waals surface area contributed by atoms with Gasteiger partial charge < -0.3 is 19.8 Å². The van der Waals surface area contributed by atoms with E-state index in [1.807, 2.05) is 0 Å². The number of benzene rings is 1. The lowest BCUT2D eigenvalue weighted by Gasteiger charge is -2.27. The number of nitrogens with zero attached hydrogens (tertiary/aromatic N) is 1. The number of fused-ring (bicyclic) bond motifs is 1. The second-order valence-electron chi connectivity index (χ2n) is 9.92. The predicted octanol–water partition coefficient (Wildman–Crippen LogP) is 4.80. The Morgan fingerprint density at radius 3 is 2.65 bits per heavy atom. The normalized spacial score (nSPS) is 21.2. The molecule has 4 atom stereocenters. The van der Waals surface area contributed by atoms with Gasteiger partial charge in [-0.25, -0.2) is 0 Å². The van der Waals surface area contributed by atoms with E-state index in [2.05, 4.69) is 62.7 Å². The van der Waals surface area contributed by atoms with Gasteiger partial charge in [0.2, 0.25) is 0 Å². The fourth-order valence-electron chi connectivity index (χ4n) is 4.76. The van der Waals surface area contributed by atoms with Gasteiger partial charge in [-0.15, -0.1) is 0 Å². The van der Waals surface area contributed by atoms with Crippen molar-refractivity contribution in [2.24, 2.45) is 29.4 Å². The highest BCUT2D eigenvalue weighted by molar-refractivity contribution is 5.80. The van der Waals surface area contributed by atoms with Crippen molar-refractivity contribution in [3.63, 3.8) is 0 Å². The molecule has 2 N–H and O–H groups in total. The molecule has 1 saturated heterocycles. The topological polar surface area (TPSA) is 66.5 Å². The van der Waals surface area contributed by atoms with Gasteiger partial charge in [-0.05, 0) is 66.5 Å². The monoisotopic (exact) mass is 428 g/mol. The van der Waals surface area contributed by atoms with Crippen LogP contribution in [0.15, 0.2) is 30.5 Å². The zero-order valence-electron chi connectivity index (χ0n) is 19.8. The second kappa shape index (κ2) is 10.6. The van der Waals surface area contributed by atoms with Gasteiger partial charge in [-0.3, -0.25) is 4.79 Å². The molecule has 1 aromatic carbocycles. The number of esters is 1. The summed E-state index contributed by atoms with van der Waals surface area (Å²) < 4.78 is 13.2. The molecule has 2 heterocycles. The average Bonchev–Trinajstić information content (AvgIpc) is 3.31. The lowest BCUT2D eigenvalue weighted by atomic mass is 9.82. The predicted molar refractivity (Wildman–Crippen MR) is 126 cm³/mol. The maximum atomic E-state index is 12.2. The molecule has 0 bridgehead atoms. The van der Waals surface area contributed by atoms with Crippen LogP contribution in [0.3, 0.4) is 0 Å². The lowest BCUT2D eigenvalue weighted by Crippen LogP contribution is -2.37. The summed E-state index contributed by atoms with van der Waals surface area (Å²) in [4.78, 5) is 12.2. The Morgan fingerprint density at radius 2 is 2.00 bits per heavy atom. The first-order valence-electron chi connectivity index (χ1n) is 11.8. The molecule has 1 aliphatic rings. The maximum Gasteiger partial charge on any atom is 0.309 e. The van der Waals surface area contributed by atoms with E-state index < -0.39 is 0 Å². The molecule has 0 saturated carbocycles. The van der Waals surface area contributed by atoms with Crippen molar-refractivity contribution < 1.29 is 14.3 Å². The molecule has 172 valence electrons. The van der Waals surface area contributed by atoms with Crippen LogP contribution in [0.2, 0.25) is 0 Å². The molecule has 0 spiro atoms. The van der Waals surface area contributed by atoms with Gasteiger partial charge >= 0.3 is 5.97 Å². The van der Waals surface area contributed by atoms with E-state index in [-0.39, 0.29) is 24.0 Å². The minimum absolute atomic E-state index is 0.0122. The number of hydrogen-bond donors (Lipinski definition) is 1. The second-order valence-corrected chi connectivity index (χ2v) is 9.92. The van der Waals surface area contributed by atoms with Gasteiger partial charge in [0.1, 0.15) is 6.10 Å². The van der Waals surface area contributed by atoms with Crippen LogP contribution in [-0.2, 0) is 27.2 Å². The number of ether oxygens (including phenoxy) is 2. The first kappa shape index (κ1) is 23.8. The smallest absolute Gasteiger partial charge is 0.309 e. The quantitative estimate of drug-likeness (QED) is 0.412. The molecule has 2 aromatic rings. The van der Waals surface area contributed by atoms with E-state index >= 15 is 0 Å². The Balaban J connectivity index is 1.67. The first-order chi connectivity index (χ1) is 14.8. The average molecular weight is 429 g/mol. The van der Waals surface area contributed by atoms with Crippen LogP contribution in [0.5, 0.6) is 0 Å².